The molecule has 1 fully saturated rings. The minimum absolute atomic E-state index is 0.0329. The number of hydrogen-bond donors (Lipinski definition) is 3. The lowest BCUT2D eigenvalue weighted by Gasteiger charge is -2.36. The molecule has 3 N–H and O–H groups in total. The van der Waals surface area contributed by atoms with E-state index in [0.29, 0.717) is 23.7 Å². The summed E-state index contributed by atoms with van der Waals surface area (Å²) in [5.41, 5.74) is 1.17. The highest BCUT2D eigenvalue weighted by Gasteiger charge is 2.35. The number of piperazine rings is 1. The summed E-state index contributed by atoms with van der Waals surface area (Å²) >= 11 is 0. The van der Waals surface area contributed by atoms with E-state index in [9.17, 15) is 28.7 Å². The molecule has 0 spiro atoms. The van der Waals surface area contributed by atoms with Crippen molar-refractivity contribution in [2.75, 3.05) is 38.9 Å². The van der Waals surface area contributed by atoms with Crippen molar-refractivity contribution < 1.29 is 33.5 Å². The van der Waals surface area contributed by atoms with Crippen LogP contribution in [0.1, 0.15) is 35.9 Å². The second-order valence-electron chi connectivity index (χ2n) is 8.74. The fourth-order valence-electron chi connectivity index (χ4n) is 3.78. The van der Waals surface area contributed by atoms with Gasteiger partial charge in [-0.25, -0.2) is 14.8 Å². The van der Waals surface area contributed by atoms with E-state index in [-0.39, 0.29) is 31.9 Å². The van der Waals surface area contributed by atoms with E-state index >= 15 is 0 Å². The first-order valence-electron chi connectivity index (χ1n) is 12.0. The third-order valence-electron chi connectivity index (χ3n) is 5.72. The molecule has 12 nitrogen and oxygen atoms in total. The third kappa shape index (κ3) is 8.34. The molecule has 1 aromatic carbocycles. The van der Waals surface area contributed by atoms with E-state index in [1.165, 1.54) is 15.9 Å². The van der Waals surface area contributed by atoms with Crippen molar-refractivity contribution in [2.24, 2.45) is 0 Å². The van der Waals surface area contributed by atoms with E-state index in [2.05, 4.69) is 15.3 Å². The minimum atomic E-state index is -4.66. The fourth-order valence-corrected chi connectivity index (χ4v) is 4.50. The van der Waals surface area contributed by atoms with Crippen LogP contribution in [0.3, 0.4) is 0 Å². The minimum Gasteiger partial charge on any atom is -0.449 e. The summed E-state index contributed by atoms with van der Waals surface area (Å²) in [6.45, 7) is 4.69. The maximum Gasteiger partial charge on any atom is 0.409 e. The van der Waals surface area contributed by atoms with Gasteiger partial charge in [0.05, 0.1) is 12.8 Å². The molecule has 1 atom stereocenters. The van der Waals surface area contributed by atoms with Crippen molar-refractivity contribution in [3.63, 3.8) is 0 Å². The molecule has 1 saturated heterocycles. The van der Waals surface area contributed by atoms with Crippen LogP contribution in [-0.4, -0.2) is 92.5 Å². The quantitative estimate of drug-likeness (QED) is 0.322. The lowest BCUT2D eigenvalue weighted by atomic mass is 10.2. The zero-order valence-electron chi connectivity index (χ0n) is 20.9. The Morgan fingerprint density at radius 1 is 1.08 bits per heavy atom. The number of nitrogens with one attached hydrogen (secondary N) is 1. The van der Waals surface area contributed by atoms with Crippen LogP contribution in [-0.2, 0) is 14.1 Å². The summed E-state index contributed by atoms with van der Waals surface area (Å²) in [6.07, 6.45) is 0.317. The largest absolute Gasteiger partial charge is 0.449 e. The van der Waals surface area contributed by atoms with E-state index in [1.54, 1.807) is 31.2 Å². The van der Waals surface area contributed by atoms with Crippen LogP contribution < -0.4 is 5.32 Å². The molecule has 1 aliphatic heterocycles. The Hall–Kier alpha value is -3.34. The van der Waals surface area contributed by atoms with Gasteiger partial charge < -0.3 is 29.6 Å². The van der Waals surface area contributed by atoms with Gasteiger partial charge in [0.1, 0.15) is 11.7 Å². The highest BCUT2D eigenvalue weighted by Crippen LogP contribution is 2.35. The predicted octanol–water partition coefficient (Wildman–Crippen LogP) is 1.81. The second kappa shape index (κ2) is 12.8. The van der Waals surface area contributed by atoms with Crippen molar-refractivity contribution in [1.29, 1.82) is 0 Å². The Bertz CT molecular complexity index is 1150. The topological polar surface area (TPSA) is 162 Å². The Balaban J connectivity index is 1.70. The van der Waals surface area contributed by atoms with E-state index in [1.807, 2.05) is 13.0 Å². The average molecular weight is 534 g/mol. The third-order valence-corrected chi connectivity index (χ3v) is 6.56. The Kier molecular flexibility index (Phi) is 9.73. The number of aryl methyl sites for hydroxylation is 1. The van der Waals surface area contributed by atoms with E-state index < -0.39 is 37.7 Å². The van der Waals surface area contributed by atoms with Gasteiger partial charge in [-0.2, -0.15) is 0 Å². The molecule has 0 aliphatic carbocycles. The van der Waals surface area contributed by atoms with Gasteiger partial charge in [-0.15, -0.1) is 0 Å². The number of benzene rings is 1. The molecule has 0 radical (unpaired) electrons. The highest BCUT2D eigenvalue weighted by atomic mass is 31.2. The number of amides is 3. The predicted molar refractivity (Wildman–Crippen MR) is 135 cm³/mol. The normalized spacial score (nSPS) is 14.7. The molecule has 0 saturated carbocycles. The molecule has 200 valence electrons. The van der Waals surface area contributed by atoms with Gasteiger partial charge in [-0.05, 0) is 19.4 Å². The average Bonchev–Trinajstić information content (AvgIpc) is 2.87. The number of ether oxygens (including phenoxy) is 1. The van der Waals surface area contributed by atoms with Crippen LogP contribution >= 0.6 is 7.60 Å². The van der Waals surface area contributed by atoms with E-state index in [4.69, 9.17) is 4.74 Å². The van der Waals surface area contributed by atoms with Crippen LogP contribution in [0.25, 0.3) is 11.4 Å². The number of rotatable bonds is 9. The number of carbonyl (C=O) groups excluding carboxylic acids is 3. The van der Waals surface area contributed by atoms with Gasteiger partial charge >= 0.3 is 13.7 Å². The molecule has 2 heterocycles. The summed E-state index contributed by atoms with van der Waals surface area (Å²) in [5.74, 6) is -1.09. The summed E-state index contributed by atoms with van der Waals surface area (Å²) in [4.78, 5) is 69.0. The number of nitrogens with zero attached hydrogens (tertiary/aromatic N) is 4. The van der Waals surface area contributed by atoms with Gasteiger partial charge in [-0.1, -0.05) is 43.7 Å². The van der Waals surface area contributed by atoms with Crippen molar-refractivity contribution in [3.05, 3.63) is 47.8 Å². The van der Waals surface area contributed by atoms with Gasteiger partial charge in [-0.3, -0.25) is 14.2 Å². The first-order chi connectivity index (χ1) is 17.6. The smallest absolute Gasteiger partial charge is 0.409 e. The number of hydrogen-bond acceptors (Lipinski definition) is 7. The molecule has 1 aromatic heterocycles. The molecular formula is C24H32N5O7P. The highest BCUT2D eigenvalue weighted by molar-refractivity contribution is 7.51. The standard InChI is InChI=1S/C24H32N5O7P/c1-3-4-14-36-24(32)29-12-10-28(11-13-29)23(31)20(16-37(33,34)35)27-22(30)19-15-17(2)25-21(26-19)18-8-6-5-7-9-18/h5-9,15,20H,3-4,10-14,16H2,1-2H3,(H,27,30)(H2,33,34,35)/t20-/m0/s1. The monoisotopic (exact) mass is 533 g/mol. The second-order valence-corrected chi connectivity index (χ2v) is 10.4. The number of unbranched alkanes of at least 4 members (excludes halogenated alkanes) is 1. The van der Waals surface area contributed by atoms with Gasteiger partial charge in [0.2, 0.25) is 5.91 Å². The van der Waals surface area contributed by atoms with Crippen LogP contribution in [0.2, 0.25) is 0 Å². The Morgan fingerprint density at radius 3 is 2.35 bits per heavy atom. The van der Waals surface area contributed by atoms with Crippen LogP contribution in [0, 0.1) is 6.92 Å². The van der Waals surface area contributed by atoms with E-state index in [0.717, 1.165) is 12.8 Å². The van der Waals surface area contributed by atoms with Crippen LogP contribution in [0.4, 0.5) is 4.79 Å². The summed E-state index contributed by atoms with van der Waals surface area (Å²) in [7, 11) is -4.66. The fraction of sp³-hybridized carbons (Fsp3) is 0.458. The molecule has 0 bridgehead atoms. The van der Waals surface area contributed by atoms with Crippen molar-refractivity contribution in [1.82, 2.24) is 25.1 Å². The Labute approximate surface area is 215 Å². The lowest BCUT2D eigenvalue weighted by molar-refractivity contribution is -0.134. The molecule has 13 heteroatoms. The zero-order chi connectivity index (χ0) is 27.0. The maximum atomic E-state index is 13.2. The first kappa shape index (κ1) is 28.2. The molecule has 1 aliphatic rings. The molecular weight excluding hydrogens is 501 g/mol. The lowest BCUT2D eigenvalue weighted by Crippen LogP contribution is -2.56. The van der Waals surface area contributed by atoms with Crippen LogP contribution in [0.5, 0.6) is 0 Å². The van der Waals surface area contributed by atoms with Crippen molar-refractivity contribution in [2.45, 2.75) is 32.7 Å². The molecule has 2 aromatic rings. The molecule has 3 rings (SSSR count). The molecule has 0 unspecified atom stereocenters. The summed E-state index contributed by atoms with van der Waals surface area (Å²) in [6, 6.07) is 8.97. The molecule has 37 heavy (non-hydrogen) atoms. The first-order valence-corrected chi connectivity index (χ1v) is 13.8. The SMILES string of the molecule is CCCCOC(=O)N1CCN(C(=O)[C@H](CP(=O)(O)O)NC(=O)c2cc(C)nc(-c3ccccc3)n2)CC1. The van der Waals surface area contributed by atoms with Crippen molar-refractivity contribution >= 4 is 25.5 Å². The summed E-state index contributed by atoms with van der Waals surface area (Å²) in [5, 5.41) is 2.44. The number of carbonyl (C=O) groups is 3. The van der Waals surface area contributed by atoms with Crippen molar-refractivity contribution in [3.8, 4) is 11.4 Å². The van der Waals surface area contributed by atoms with Gasteiger partial charge in [0.15, 0.2) is 5.82 Å². The Morgan fingerprint density at radius 2 is 1.73 bits per heavy atom. The molecule has 3 amide bonds. The van der Waals surface area contributed by atoms with Gasteiger partial charge in [0.25, 0.3) is 5.91 Å². The number of aromatic nitrogens is 2. The summed E-state index contributed by atoms with van der Waals surface area (Å²) < 4.78 is 17.0. The van der Waals surface area contributed by atoms with Crippen LogP contribution in [0.15, 0.2) is 36.4 Å². The maximum absolute atomic E-state index is 13.2. The van der Waals surface area contributed by atoms with Gasteiger partial charge in [0, 0.05) is 37.4 Å². The zero-order valence-corrected chi connectivity index (χ0v) is 21.8.